The molecular formula is C20H16ClN3O. The Labute approximate surface area is 150 Å². The lowest BCUT2D eigenvalue weighted by atomic mass is 10.1. The van der Waals surface area contributed by atoms with Crippen molar-refractivity contribution in [2.24, 2.45) is 0 Å². The molecule has 0 atom stereocenters. The van der Waals surface area contributed by atoms with E-state index in [2.05, 4.69) is 33.2 Å². The van der Waals surface area contributed by atoms with Crippen LogP contribution < -0.4 is 4.74 Å². The average molecular weight is 350 g/mol. The van der Waals surface area contributed by atoms with Crippen molar-refractivity contribution < 1.29 is 4.74 Å². The van der Waals surface area contributed by atoms with E-state index < -0.39 is 0 Å². The standard InChI is InChI=1S/C20H16ClN3O/c1-12-5-13(3-4-23-12)19-8-14-7-17(18(21)9-20(14)24-19)15-6-16(25-2)11-22-10-15/h3-11,24H,1-2H3. The molecule has 1 aromatic carbocycles. The topological polar surface area (TPSA) is 50.8 Å². The van der Waals surface area contributed by atoms with Gasteiger partial charge < -0.3 is 9.72 Å². The predicted molar refractivity (Wildman–Crippen MR) is 101 cm³/mol. The normalized spacial score (nSPS) is 11.0. The highest BCUT2D eigenvalue weighted by molar-refractivity contribution is 6.34. The van der Waals surface area contributed by atoms with Gasteiger partial charge in [0.1, 0.15) is 5.75 Å². The molecule has 0 spiro atoms. The SMILES string of the molecule is COc1cncc(-c2cc3cc(-c4ccnc(C)c4)[nH]c3cc2Cl)c1. The molecule has 0 aliphatic rings. The second kappa shape index (κ2) is 6.22. The molecule has 25 heavy (non-hydrogen) atoms. The zero-order chi connectivity index (χ0) is 17.4. The van der Waals surface area contributed by atoms with Crippen LogP contribution in [0.5, 0.6) is 5.75 Å². The number of hydrogen-bond acceptors (Lipinski definition) is 3. The van der Waals surface area contributed by atoms with Crippen molar-refractivity contribution in [1.29, 1.82) is 0 Å². The minimum atomic E-state index is 0.668. The van der Waals surface area contributed by atoms with Gasteiger partial charge in [0, 0.05) is 51.4 Å². The van der Waals surface area contributed by atoms with Gasteiger partial charge in [-0.05, 0) is 43.3 Å². The summed E-state index contributed by atoms with van der Waals surface area (Å²) in [5, 5.41) is 1.76. The number of aromatic nitrogens is 3. The van der Waals surface area contributed by atoms with Gasteiger partial charge in [-0.1, -0.05) is 11.6 Å². The molecule has 124 valence electrons. The van der Waals surface area contributed by atoms with Gasteiger partial charge >= 0.3 is 0 Å². The number of rotatable bonds is 3. The van der Waals surface area contributed by atoms with Crippen molar-refractivity contribution in [3.63, 3.8) is 0 Å². The van der Waals surface area contributed by atoms with Crippen LogP contribution in [0.3, 0.4) is 0 Å². The molecule has 0 saturated heterocycles. The minimum absolute atomic E-state index is 0.668. The van der Waals surface area contributed by atoms with Crippen LogP contribution in [0.15, 0.2) is 55.0 Å². The van der Waals surface area contributed by atoms with Crippen molar-refractivity contribution >= 4 is 22.5 Å². The van der Waals surface area contributed by atoms with Gasteiger partial charge in [0.05, 0.1) is 18.3 Å². The van der Waals surface area contributed by atoms with Gasteiger partial charge in [-0.2, -0.15) is 0 Å². The number of aryl methyl sites for hydroxylation is 1. The van der Waals surface area contributed by atoms with Crippen LogP contribution in [-0.2, 0) is 0 Å². The fourth-order valence-corrected chi connectivity index (χ4v) is 3.19. The molecule has 0 aliphatic carbocycles. The number of aromatic amines is 1. The molecule has 0 unspecified atom stereocenters. The van der Waals surface area contributed by atoms with Gasteiger partial charge in [0.2, 0.25) is 0 Å². The Balaban J connectivity index is 1.84. The Bertz CT molecular complexity index is 1070. The number of benzene rings is 1. The molecule has 1 N–H and O–H groups in total. The summed E-state index contributed by atoms with van der Waals surface area (Å²) >= 11 is 6.52. The van der Waals surface area contributed by atoms with E-state index in [9.17, 15) is 0 Å². The maximum Gasteiger partial charge on any atom is 0.137 e. The van der Waals surface area contributed by atoms with Gasteiger partial charge in [-0.15, -0.1) is 0 Å². The van der Waals surface area contributed by atoms with E-state index in [0.717, 1.165) is 39.0 Å². The van der Waals surface area contributed by atoms with Crippen LogP contribution >= 0.6 is 11.6 Å². The van der Waals surface area contributed by atoms with Crippen molar-refractivity contribution in [3.05, 3.63) is 65.7 Å². The number of H-pyrrole nitrogens is 1. The number of ether oxygens (including phenoxy) is 1. The third-order valence-electron chi connectivity index (χ3n) is 4.18. The molecule has 3 aromatic heterocycles. The Morgan fingerprint density at radius 3 is 2.72 bits per heavy atom. The van der Waals surface area contributed by atoms with Crippen molar-refractivity contribution in [2.45, 2.75) is 6.92 Å². The summed E-state index contributed by atoms with van der Waals surface area (Å²) in [5.41, 5.74) is 5.97. The van der Waals surface area contributed by atoms with E-state index in [-0.39, 0.29) is 0 Å². The molecule has 0 radical (unpaired) electrons. The summed E-state index contributed by atoms with van der Waals surface area (Å²) in [6.07, 6.45) is 5.28. The second-order valence-electron chi connectivity index (χ2n) is 5.90. The molecule has 0 aliphatic heterocycles. The molecule has 5 heteroatoms. The maximum atomic E-state index is 6.52. The Morgan fingerprint density at radius 1 is 1.04 bits per heavy atom. The van der Waals surface area contributed by atoms with Gasteiger partial charge in [0.25, 0.3) is 0 Å². The fourth-order valence-electron chi connectivity index (χ4n) is 2.92. The third kappa shape index (κ3) is 2.96. The Kier molecular flexibility index (Phi) is 3.90. The summed E-state index contributed by atoms with van der Waals surface area (Å²) in [4.78, 5) is 11.9. The zero-order valence-corrected chi connectivity index (χ0v) is 14.6. The number of pyridine rings is 2. The van der Waals surface area contributed by atoms with E-state index >= 15 is 0 Å². The number of hydrogen-bond donors (Lipinski definition) is 1. The van der Waals surface area contributed by atoms with Crippen LogP contribution in [0, 0.1) is 6.92 Å². The van der Waals surface area contributed by atoms with Crippen LogP contribution in [-0.4, -0.2) is 22.1 Å². The highest BCUT2D eigenvalue weighted by Gasteiger charge is 2.10. The predicted octanol–water partition coefficient (Wildman–Crippen LogP) is 5.26. The van der Waals surface area contributed by atoms with Crippen molar-refractivity contribution in [2.75, 3.05) is 7.11 Å². The first kappa shape index (κ1) is 15.7. The Morgan fingerprint density at radius 2 is 1.92 bits per heavy atom. The lowest BCUT2D eigenvalue weighted by Crippen LogP contribution is -1.87. The largest absolute Gasteiger partial charge is 0.495 e. The van der Waals surface area contributed by atoms with E-state index in [4.69, 9.17) is 16.3 Å². The first-order valence-electron chi connectivity index (χ1n) is 7.89. The lowest BCUT2D eigenvalue weighted by Gasteiger charge is -2.06. The second-order valence-corrected chi connectivity index (χ2v) is 6.31. The summed E-state index contributed by atoms with van der Waals surface area (Å²) in [6.45, 7) is 1.98. The number of methoxy groups -OCH3 is 1. The summed E-state index contributed by atoms with van der Waals surface area (Å²) in [7, 11) is 1.63. The summed E-state index contributed by atoms with van der Waals surface area (Å²) in [5.74, 6) is 0.704. The van der Waals surface area contributed by atoms with Gasteiger partial charge in [-0.3, -0.25) is 9.97 Å². The van der Waals surface area contributed by atoms with Crippen LogP contribution in [0.2, 0.25) is 5.02 Å². The summed E-state index contributed by atoms with van der Waals surface area (Å²) in [6, 6.07) is 12.1. The smallest absolute Gasteiger partial charge is 0.137 e. The fraction of sp³-hybridized carbons (Fsp3) is 0.100. The molecule has 4 aromatic rings. The monoisotopic (exact) mass is 349 g/mol. The quantitative estimate of drug-likeness (QED) is 0.548. The lowest BCUT2D eigenvalue weighted by molar-refractivity contribution is 0.413. The average Bonchev–Trinajstić information content (AvgIpc) is 3.04. The van der Waals surface area contributed by atoms with E-state index in [1.165, 1.54) is 0 Å². The van der Waals surface area contributed by atoms with Gasteiger partial charge in [0.15, 0.2) is 0 Å². The maximum absolute atomic E-state index is 6.52. The number of fused-ring (bicyclic) bond motifs is 1. The Hall–Kier alpha value is -2.85. The summed E-state index contributed by atoms with van der Waals surface area (Å²) < 4.78 is 5.26. The van der Waals surface area contributed by atoms with Crippen LogP contribution in [0.1, 0.15) is 5.69 Å². The molecule has 4 nitrogen and oxygen atoms in total. The molecule has 4 rings (SSSR count). The molecule has 3 heterocycles. The van der Waals surface area contributed by atoms with E-state index in [1.54, 1.807) is 19.5 Å². The number of nitrogens with zero attached hydrogens (tertiary/aromatic N) is 2. The third-order valence-corrected chi connectivity index (χ3v) is 4.49. The molecule has 0 fully saturated rings. The molecule has 0 bridgehead atoms. The first-order chi connectivity index (χ1) is 12.1. The van der Waals surface area contributed by atoms with E-state index in [0.29, 0.717) is 10.8 Å². The van der Waals surface area contributed by atoms with Gasteiger partial charge in [-0.25, -0.2) is 0 Å². The molecule has 0 saturated carbocycles. The van der Waals surface area contributed by atoms with Crippen LogP contribution in [0.25, 0.3) is 33.3 Å². The van der Waals surface area contributed by atoms with Crippen molar-refractivity contribution in [1.82, 2.24) is 15.0 Å². The molecular weight excluding hydrogens is 334 g/mol. The number of nitrogens with one attached hydrogen (secondary N) is 1. The number of halogens is 1. The van der Waals surface area contributed by atoms with E-state index in [1.807, 2.05) is 31.3 Å². The zero-order valence-electron chi connectivity index (χ0n) is 13.9. The van der Waals surface area contributed by atoms with Crippen molar-refractivity contribution in [3.8, 4) is 28.1 Å². The van der Waals surface area contributed by atoms with Crippen LogP contribution in [0.4, 0.5) is 0 Å². The highest BCUT2D eigenvalue weighted by atomic mass is 35.5. The highest BCUT2D eigenvalue weighted by Crippen LogP contribution is 2.35. The first-order valence-corrected chi connectivity index (χ1v) is 8.26. The minimum Gasteiger partial charge on any atom is -0.495 e. The molecule has 0 amide bonds.